The van der Waals surface area contributed by atoms with Gasteiger partial charge in [-0.15, -0.1) is 0 Å². The van der Waals surface area contributed by atoms with E-state index >= 15 is 0 Å². The first kappa shape index (κ1) is 11.9. The van der Waals surface area contributed by atoms with Crippen molar-refractivity contribution in [3.8, 4) is 0 Å². The monoisotopic (exact) mass is 247 g/mol. The number of hydrogen-bond acceptors (Lipinski definition) is 4. The topological polar surface area (TPSA) is 28.6 Å². The molecule has 0 spiro atoms. The van der Waals surface area contributed by atoms with Crippen LogP contribution in [0.3, 0.4) is 0 Å². The number of anilines is 1. The van der Waals surface area contributed by atoms with Crippen LogP contribution in [-0.4, -0.2) is 55.3 Å². The van der Waals surface area contributed by atoms with Gasteiger partial charge in [-0.2, -0.15) is 0 Å². The van der Waals surface area contributed by atoms with Gasteiger partial charge in [0.1, 0.15) is 0 Å². The Hall–Kier alpha value is -1.13. The maximum absolute atomic E-state index is 5.42. The Balaban J connectivity index is 1.54. The molecule has 0 saturated carbocycles. The smallest absolute Gasteiger partial charge is 0.0594 e. The van der Waals surface area contributed by atoms with Crippen LogP contribution in [0.1, 0.15) is 12.8 Å². The lowest BCUT2D eigenvalue weighted by atomic mass is 10.0. The van der Waals surface area contributed by atoms with Crippen LogP contribution in [0.4, 0.5) is 5.69 Å². The van der Waals surface area contributed by atoms with Gasteiger partial charge in [-0.25, -0.2) is 0 Å². The van der Waals surface area contributed by atoms with Crippen molar-refractivity contribution in [2.24, 2.45) is 0 Å². The van der Waals surface area contributed by atoms with Crippen molar-refractivity contribution in [2.45, 2.75) is 18.9 Å². The first-order valence-electron chi connectivity index (χ1n) is 6.90. The van der Waals surface area contributed by atoms with Gasteiger partial charge in [0.25, 0.3) is 0 Å². The fraction of sp³-hybridized carbons (Fsp3) is 0.643. The van der Waals surface area contributed by atoms with Crippen molar-refractivity contribution in [1.29, 1.82) is 0 Å². The lowest BCUT2D eigenvalue weighted by molar-refractivity contribution is 0.0115. The number of morpholine rings is 1. The summed E-state index contributed by atoms with van der Waals surface area (Å²) in [5.74, 6) is 0. The molecule has 1 aromatic rings. The Kier molecular flexibility index (Phi) is 3.76. The van der Waals surface area contributed by atoms with Crippen molar-refractivity contribution in [2.75, 3.05) is 44.3 Å². The Labute approximate surface area is 109 Å². The third-order valence-electron chi connectivity index (χ3n) is 4.04. The van der Waals surface area contributed by atoms with E-state index in [1.54, 1.807) is 0 Å². The summed E-state index contributed by atoms with van der Waals surface area (Å²) in [4.78, 5) is 9.25. The number of ether oxygens (including phenoxy) is 1. The molecule has 0 radical (unpaired) electrons. The molecule has 0 aliphatic carbocycles. The molecule has 98 valence electrons. The van der Waals surface area contributed by atoms with Gasteiger partial charge in [0.15, 0.2) is 0 Å². The van der Waals surface area contributed by atoms with Crippen LogP contribution in [0.5, 0.6) is 0 Å². The fourth-order valence-electron chi connectivity index (χ4n) is 2.97. The van der Waals surface area contributed by atoms with Crippen LogP contribution in [-0.2, 0) is 4.74 Å². The van der Waals surface area contributed by atoms with Crippen LogP contribution in [0.15, 0.2) is 24.5 Å². The lowest BCUT2D eigenvalue weighted by Gasteiger charge is -2.40. The third kappa shape index (κ3) is 2.65. The average molecular weight is 247 g/mol. The van der Waals surface area contributed by atoms with Gasteiger partial charge in [0.05, 0.1) is 25.1 Å². The molecule has 2 fully saturated rings. The highest BCUT2D eigenvalue weighted by Crippen LogP contribution is 2.22. The molecule has 18 heavy (non-hydrogen) atoms. The molecule has 2 aliphatic rings. The number of aromatic nitrogens is 1. The summed E-state index contributed by atoms with van der Waals surface area (Å²) in [6.07, 6.45) is 6.32. The minimum absolute atomic E-state index is 0.752. The quantitative estimate of drug-likeness (QED) is 0.789. The molecule has 3 rings (SSSR count). The number of pyridine rings is 1. The Morgan fingerprint density at radius 3 is 2.56 bits per heavy atom. The van der Waals surface area contributed by atoms with E-state index in [2.05, 4.69) is 20.9 Å². The van der Waals surface area contributed by atoms with Crippen molar-refractivity contribution >= 4 is 5.69 Å². The van der Waals surface area contributed by atoms with Gasteiger partial charge in [-0.05, 0) is 25.0 Å². The molecule has 0 aromatic carbocycles. The third-order valence-corrected chi connectivity index (χ3v) is 4.04. The van der Waals surface area contributed by atoms with E-state index < -0.39 is 0 Å². The zero-order valence-electron chi connectivity index (χ0n) is 10.8. The standard InChI is InChI=1S/C14H21N3O/c1-2-14(12-15-5-1)16-6-3-13(4-7-16)17-8-10-18-11-9-17/h1-2,5,12-13H,3-4,6-11H2. The highest BCUT2D eigenvalue weighted by Gasteiger charge is 2.25. The summed E-state index contributed by atoms with van der Waals surface area (Å²) >= 11 is 0. The molecule has 2 aliphatic heterocycles. The number of piperidine rings is 1. The van der Waals surface area contributed by atoms with Gasteiger partial charge >= 0.3 is 0 Å². The second kappa shape index (κ2) is 5.67. The Bertz CT molecular complexity index is 357. The molecule has 2 saturated heterocycles. The van der Waals surface area contributed by atoms with E-state index in [4.69, 9.17) is 4.74 Å². The molecule has 0 amide bonds. The molecule has 0 atom stereocenters. The van der Waals surface area contributed by atoms with Crippen LogP contribution < -0.4 is 4.90 Å². The van der Waals surface area contributed by atoms with E-state index in [1.807, 2.05) is 18.5 Å². The molecular weight excluding hydrogens is 226 g/mol. The summed E-state index contributed by atoms with van der Waals surface area (Å²) in [6, 6.07) is 4.92. The van der Waals surface area contributed by atoms with E-state index in [0.717, 1.165) is 45.4 Å². The second-order valence-electron chi connectivity index (χ2n) is 5.08. The highest BCUT2D eigenvalue weighted by atomic mass is 16.5. The molecule has 4 heteroatoms. The summed E-state index contributed by atoms with van der Waals surface area (Å²) in [5.41, 5.74) is 1.26. The van der Waals surface area contributed by atoms with Gasteiger partial charge in [0.2, 0.25) is 0 Å². The predicted octanol–water partition coefficient (Wildman–Crippen LogP) is 1.38. The molecule has 1 aromatic heterocycles. The van der Waals surface area contributed by atoms with Crippen LogP contribution in [0, 0.1) is 0 Å². The zero-order chi connectivity index (χ0) is 12.2. The van der Waals surface area contributed by atoms with Crippen LogP contribution >= 0.6 is 0 Å². The van der Waals surface area contributed by atoms with Gasteiger partial charge in [0, 0.05) is 38.4 Å². The van der Waals surface area contributed by atoms with E-state index in [9.17, 15) is 0 Å². The molecule has 0 unspecified atom stereocenters. The van der Waals surface area contributed by atoms with Crippen molar-refractivity contribution < 1.29 is 4.74 Å². The normalized spacial score (nSPS) is 23.2. The van der Waals surface area contributed by atoms with Gasteiger partial charge in [-0.3, -0.25) is 9.88 Å². The van der Waals surface area contributed by atoms with E-state index in [1.165, 1.54) is 18.5 Å². The average Bonchev–Trinajstić information content (AvgIpc) is 2.49. The maximum atomic E-state index is 5.42. The lowest BCUT2D eigenvalue weighted by Crippen LogP contribution is -2.49. The second-order valence-corrected chi connectivity index (χ2v) is 5.08. The SMILES string of the molecule is c1cncc(N2CCC(N3CCOCC3)CC2)c1. The molecule has 3 heterocycles. The Morgan fingerprint density at radius 2 is 1.89 bits per heavy atom. The van der Waals surface area contributed by atoms with Crippen molar-refractivity contribution in [3.05, 3.63) is 24.5 Å². The van der Waals surface area contributed by atoms with Crippen molar-refractivity contribution in [1.82, 2.24) is 9.88 Å². The van der Waals surface area contributed by atoms with Crippen LogP contribution in [0.2, 0.25) is 0 Å². The van der Waals surface area contributed by atoms with Gasteiger partial charge in [-0.1, -0.05) is 0 Å². The highest BCUT2D eigenvalue weighted by molar-refractivity contribution is 5.43. The zero-order valence-corrected chi connectivity index (χ0v) is 10.8. The number of nitrogens with zero attached hydrogens (tertiary/aromatic N) is 3. The van der Waals surface area contributed by atoms with Gasteiger partial charge < -0.3 is 9.64 Å². The maximum Gasteiger partial charge on any atom is 0.0594 e. The summed E-state index contributed by atoms with van der Waals surface area (Å²) < 4.78 is 5.42. The first-order chi connectivity index (χ1) is 8.93. The molecule has 4 nitrogen and oxygen atoms in total. The fourth-order valence-corrected chi connectivity index (χ4v) is 2.97. The van der Waals surface area contributed by atoms with Crippen molar-refractivity contribution in [3.63, 3.8) is 0 Å². The summed E-state index contributed by atoms with van der Waals surface area (Å²) in [5, 5.41) is 0. The first-order valence-corrected chi connectivity index (χ1v) is 6.90. The van der Waals surface area contributed by atoms with E-state index in [-0.39, 0.29) is 0 Å². The molecule has 0 N–H and O–H groups in total. The van der Waals surface area contributed by atoms with E-state index in [0.29, 0.717) is 0 Å². The summed E-state index contributed by atoms with van der Waals surface area (Å²) in [7, 11) is 0. The minimum Gasteiger partial charge on any atom is -0.379 e. The number of hydrogen-bond donors (Lipinski definition) is 0. The molecular formula is C14H21N3O. The molecule has 0 bridgehead atoms. The predicted molar refractivity (Wildman–Crippen MR) is 71.9 cm³/mol. The Morgan fingerprint density at radius 1 is 1.11 bits per heavy atom. The van der Waals surface area contributed by atoms with Crippen LogP contribution in [0.25, 0.3) is 0 Å². The minimum atomic E-state index is 0.752. The summed E-state index contributed by atoms with van der Waals surface area (Å²) in [6.45, 7) is 6.32. The largest absolute Gasteiger partial charge is 0.379 e. The number of rotatable bonds is 2.